The topological polar surface area (TPSA) is 48.9 Å². The van der Waals surface area contributed by atoms with Crippen LogP contribution in [0.5, 0.6) is 0 Å². The third-order valence-corrected chi connectivity index (χ3v) is 5.10. The molecule has 1 aliphatic heterocycles. The summed E-state index contributed by atoms with van der Waals surface area (Å²) in [5.74, 6) is 1.89. The Balaban J connectivity index is 0.00000192. The monoisotopic (exact) mass is 436 g/mol. The van der Waals surface area contributed by atoms with Crippen molar-refractivity contribution >= 4 is 29.9 Å². The van der Waals surface area contributed by atoms with E-state index in [1.54, 1.807) is 0 Å². The van der Waals surface area contributed by atoms with E-state index in [4.69, 9.17) is 4.74 Å². The van der Waals surface area contributed by atoms with Crippen molar-refractivity contribution in [1.82, 2.24) is 15.5 Å². The minimum absolute atomic E-state index is 0. The van der Waals surface area contributed by atoms with Gasteiger partial charge in [0.1, 0.15) is 0 Å². The van der Waals surface area contributed by atoms with Crippen LogP contribution in [0.25, 0.3) is 0 Å². The number of aliphatic imine (C=N–C) groups is 1. The summed E-state index contributed by atoms with van der Waals surface area (Å²) in [5, 5.41) is 6.88. The van der Waals surface area contributed by atoms with Crippen LogP contribution in [0.2, 0.25) is 0 Å². The fourth-order valence-electron chi connectivity index (χ4n) is 3.28. The van der Waals surface area contributed by atoms with Crippen molar-refractivity contribution in [2.45, 2.75) is 57.1 Å². The van der Waals surface area contributed by atoms with Crippen LogP contribution >= 0.6 is 24.0 Å². The van der Waals surface area contributed by atoms with Gasteiger partial charge in [-0.15, -0.1) is 24.0 Å². The molecule has 2 saturated carbocycles. The van der Waals surface area contributed by atoms with Crippen LogP contribution in [0.4, 0.5) is 0 Å². The summed E-state index contributed by atoms with van der Waals surface area (Å²) in [6, 6.07) is 0.864. The number of rotatable bonds is 8. The van der Waals surface area contributed by atoms with E-state index in [9.17, 15) is 0 Å². The van der Waals surface area contributed by atoms with Crippen LogP contribution in [0, 0.1) is 5.92 Å². The molecule has 0 bridgehead atoms. The van der Waals surface area contributed by atoms with Gasteiger partial charge < -0.3 is 15.4 Å². The van der Waals surface area contributed by atoms with Gasteiger partial charge in [0, 0.05) is 45.9 Å². The molecule has 0 aromatic rings. The van der Waals surface area contributed by atoms with Crippen molar-refractivity contribution in [3.05, 3.63) is 0 Å². The second-order valence-corrected chi connectivity index (χ2v) is 7.42. The average molecular weight is 436 g/mol. The molecule has 1 atom stereocenters. The number of nitrogens with zero attached hydrogens (tertiary/aromatic N) is 2. The molecule has 6 heteroatoms. The van der Waals surface area contributed by atoms with Crippen LogP contribution in [0.1, 0.15) is 45.4 Å². The van der Waals surface area contributed by atoms with Gasteiger partial charge in [-0.1, -0.05) is 0 Å². The molecule has 0 radical (unpaired) electrons. The molecule has 3 fully saturated rings. The summed E-state index contributed by atoms with van der Waals surface area (Å²) in [6.07, 6.45) is 7.98. The first kappa shape index (κ1) is 19.2. The summed E-state index contributed by atoms with van der Waals surface area (Å²) >= 11 is 0. The van der Waals surface area contributed by atoms with Gasteiger partial charge in [-0.2, -0.15) is 0 Å². The molecule has 1 saturated heterocycles. The maximum Gasteiger partial charge on any atom is 0.191 e. The molecule has 1 heterocycles. The number of halogens is 1. The smallest absolute Gasteiger partial charge is 0.191 e. The van der Waals surface area contributed by atoms with Gasteiger partial charge in [0.05, 0.1) is 5.60 Å². The molecular formula is C17H33IN4O. The molecule has 0 aromatic heterocycles. The highest BCUT2D eigenvalue weighted by atomic mass is 127. The second kappa shape index (κ2) is 8.85. The number of nitrogens with one attached hydrogen (secondary N) is 2. The van der Waals surface area contributed by atoms with Crippen molar-refractivity contribution in [3.63, 3.8) is 0 Å². The Morgan fingerprint density at radius 2 is 2.04 bits per heavy atom. The Morgan fingerprint density at radius 3 is 2.61 bits per heavy atom. The number of guanidine groups is 1. The molecule has 0 spiro atoms. The first-order valence-electron chi connectivity index (χ1n) is 9.01. The lowest BCUT2D eigenvalue weighted by molar-refractivity contribution is 0.0243. The Bertz CT molecular complexity index is 390. The molecule has 5 nitrogen and oxygen atoms in total. The standard InChI is InChI=1S/C17H32N4O.HI/c1-17(8-3-11-22-17)13-20-16(18-2)19-9-10-21(15-6-7-15)12-14-4-5-14;/h14-15H,3-13H2,1-2H3,(H2,18,19,20);1H. The Morgan fingerprint density at radius 1 is 1.26 bits per heavy atom. The van der Waals surface area contributed by atoms with Crippen molar-refractivity contribution in [3.8, 4) is 0 Å². The average Bonchev–Trinajstić information content (AvgIpc) is 3.42. The maximum absolute atomic E-state index is 5.81. The first-order valence-corrected chi connectivity index (χ1v) is 9.01. The van der Waals surface area contributed by atoms with Gasteiger partial charge in [-0.05, 0) is 51.4 Å². The molecular weight excluding hydrogens is 403 g/mol. The van der Waals surface area contributed by atoms with Gasteiger partial charge in [0.2, 0.25) is 0 Å². The van der Waals surface area contributed by atoms with E-state index in [0.29, 0.717) is 0 Å². The highest BCUT2D eigenvalue weighted by molar-refractivity contribution is 14.0. The minimum Gasteiger partial charge on any atom is -0.373 e. The molecule has 2 aliphatic carbocycles. The highest BCUT2D eigenvalue weighted by Gasteiger charge is 2.33. The number of hydrogen-bond donors (Lipinski definition) is 2. The maximum atomic E-state index is 5.81. The summed E-state index contributed by atoms with van der Waals surface area (Å²) in [6.45, 7) is 7.33. The van der Waals surface area contributed by atoms with Crippen molar-refractivity contribution in [2.24, 2.45) is 10.9 Å². The lowest BCUT2D eigenvalue weighted by Gasteiger charge is -2.26. The molecule has 23 heavy (non-hydrogen) atoms. The van der Waals surface area contributed by atoms with E-state index >= 15 is 0 Å². The zero-order chi connectivity index (χ0) is 15.4. The molecule has 3 rings (SSSR count). The van der Waals surface area contributed by atoms with Gasteiger partial charge >= 0.3 is 0 Å². The summed E-state index contributed by atoms with van der Waals surface area (Å²) in [5.41, 5.74) is -0.0242. The zero-order valence-electron chi connectivity index (χ0n) is 14.6. The van der Waals surface area contributed by atoms with E-state index in [2.05, 4.69) is 27.4 Å². The Labute approximate surface area is 158 Å². The Kier molecular flexibility index (Phi) is 7.41. The lowest BCUT2D eigenvalue weighted by Crippen LogP contribution is -2.47. The van der Waals surface area contributed by atoms with E-state index in [0.717, 1.165) is 50.6 Å². The summed E-state index contributed by atoms with van der Waals surface area (Å²) < 4.78 is 5.81. The SMILES string of the molecule is CN=C(NCCN(CC1CC1)C1CC1)NCC1(C)CCCO1.I. The van der Waals surface area contributed by atoms with Crippen LogP contribution in [-0.4, -0.2) is 62.3 Å². The summed E-state index contributed by atoms with van der Waals surface area (Å²) in [7, 11) is 1.84. The Hall–Kier alpha value is -0.0800. The molecule has 3 aliphatic rings. The van der Waals surface area contributed by atoms with Crippen molar-refractivity contribution in [2.75, 3.05) is 39.8 Å². The van der Waals surface area contributed by atoms with E-state index in [1.165, 1.54) is 38.6 Å². The third kappa shape index (κ3) is 6.38. The summed E-state index contributed by atoms with van der Waals surface area (Å²) in [4.78, 5) is 7.01. The first-order chi connectivity index (χ1) is 10.7. The molecule has 0 amide bonds. The van der Waals surface area contributed by atoms with Crippen molar-refractivity contribution < 1.29 is 4.74 Å². The van der Waals surface area contributed by atoms with Gasteiger partial charge in [-0.25, -0.2) is 0 Å². The number of hydrogen-bond acceptors (Lipinski definition) is 3. The van der Waals surface area contributed by atoms with Crippen LogP contribution in [0.3, 0.4) is 0 Å². The van der Waals surface area contributed by atoms with Crippen LogP contribution in [-0.2, 0) is 4.74 Å². The van der Waals surface area contributed by atoms with E-state index < -0.39 is 0 Å². The van der Waals surface area contributed by atoms with E-state index in [1.807, 2.05) is 7.05 Å². The minimum atomic E-state index is -0.0242. The lowest BCUT2D eigenvalue weighted by atomic mass is 10.0. The molecule has 134 valence electrons. The van der Waals surface area contributed by atoms with E-state index in [-0.39, 0.29) is 29.6 Å². The van der Waals surface area contributed by atoms with Gasteiger partial charge in [-0.3, -0.25) is 9.89 Å². The van der Waals surface area contributed by atoms with Gasteiger partial charge in [0.15, 0.2) is 5.96 Å². The predicted octanol–water partition coefficient (Wildman–Crippen LogP) is 2.21. The second-order valence-electron chi connectivity index (χ2n) is 7.42. The fourth-order valence-corrected chi connectivity index (χ4v) is 3.28. The number of ether oxygens (including phenoxy) is 1. The predicted molar refractivity (Wildman–Crippen MR) is 106 cm³/mol. The van der Waals surface area contributed by atoms with Crippen LogP contribution < -0.4 is 10.6 Å². The molecule has 0 aromatic carbocycles. The third-order valence-electron chi connectivity index (χ3n) is 5.10. The quantitative estimate of drug-likeness (QED) is 0.348. The van der Waals surface area contributed by atoms with Gasteiger partial charge in [0.25, 0.3) is 0 Å². The largest absolute Gasteiger partial charge is 0.373 e. The normalized spacial score (nSPS) is 27.9. The molecule has 1 unspecified atom stereocenters. The fraction of sp³-hybridized carbons (Fsp3) is 0.941. The highest BCUT2D eigenvalue weighted by Crippen LogP contribution is 2.34. The van der Waals surface area contributed by atoms with Crippen molar-refractivity contribution in [1.29, 1.82) is 0 Å². The zero-order valence-corrected chi connectivity index (χ0v) is 17.0. The van der Waals surface area contributed by atoms with Crippen LogP contribution in [0.15, 0.2) is 4.99 Å². The molecule has 2 N–H and O–H groups in total.